The highest BCUT2D eigenvalue weighted by Gasteiger charge is 2.32. The minimum Gasteiger partial charge on any atom is -0.377 e. The first kappa shape index (κ1) is 18.9. The number of hydrogen-bond acceptors (Lipinski definition) is 2. The molecule has 1 heterocycles. The molecule has 0 saturated carbocycles. The maximum atomic E-state index is 12.8. The number of benzene rings is 1. The first-order valence-corrected chi connectivity index (χ1v) is 9.04. The standard InChI is InChI=1S/C20H30FNO2/c1-4-20(2,3)19(23)22-12-9-16(10-13-22)11-14-24-15-17-5-7-18(21)8-6-17/h5-8,16H,4,9-15H2,1-3H3. The summed E-state index contributed by atoms with van der Waals surface area (Å²) in [6.07, 6.45) is 4.03. The SMILES string of the molecule is CCC(C)(C)C(=O)N1CCC(CCOCc2ccc(F)cc2)CC1. The number of ether oxygens (including phenoxy) is 1. The Morgan fingerprint density at radius 3 is 2.46 bits per heavy atom. The molecule has 0 bridgehead atoms. The predicted molar refractivity (Wildman–Crippen MR) is 94.0 cm³/mol. The highest BCUT2D eigenvalue weighted by atomic mass is 19.1. The minimum atomic E-state index is -0.245. The molecule has 0 unspecified atom stereocenters. The van der Waals surface area contributed by atoms with Crippen molar-refractivity contribution >= 4 is 5.91 Å². The molecule has 1 aliphatic rings. The largest absolute Gasteiger partial charge is 0.377 e. The van der Waals surface area contributed by atoms with Crippen molar-refractivity contribution in [2.24, 2.45) is 11.3 Å². The second-order valence-corrected chi connectivity index (χ2v) is 7.44. The molecular formula is C20H30FNO2. The molecule has 0 spiro atoms. The predicted octanol–water partition coefficient (Wildman–Crippen LogP) is 4.41. The summed E-state index contributed by atoms with van der Waals surface area (Å²) in [5.41, 5.74) is 0.754. The van der Waals surface area contributed by atoms with Crippen LogP contribution in [0.25, 0.3) is 0 Å². The van der Waals surface area contributed by atoms with E-state index < -0.39 is 0 Å². The molecule has 1 aromatic carbocycles. The van der Waals surface area contributed by atoms with Crippen LogP contribution < -0.4 is 0 Å². The molecule has 4 heteroatoms. The average Bonchev–Trinajstić information content (AvgIpc) is 2.60. The van der Waals surface area contributed by atoms with Crippen molar-refractivity contribution in [2.45, 2.75) is 53.1 Å². The molecule has 0 aromatic heterocycles. The van der Waals surface area contributed by atoms with Gasteiger partial charge in [0.05, 0.1) is 6.61 Å². The van der Waals surface area contributed by atoms with Crippen LogP contribution in [-0.2, 0) is 16.1 Å². The number of amides is 1. The topological polar surface area (TPSA) is 29.5 Å². The average molecular weight is 335 g/mol. The summed E-state index contributed by atoms with van der Waals surface area (Å²) in [5.74, 6) is 0.703. The fraction of sp³-hybridized carbons (Fsp3) is 0.650. The Morgan fingerprint density at radius 1 is 1.25 bits per heavy atom. The normalized spacial score (nSPS) is 16.4. The molecule has 1 saturated heterocycles. The Labute approximate surface area is 145 Å². The molecule has 0 N–H and O–H groups in total. The highest BCUT2D eigenvalue weighted by Crippen LogP contribution is 2.27. The number of piperidine rings is 1. The monoisotopic (exact) mass is 335 g/mol. The Morgan fingerprint density at radius 2 is 1.88 bits per heavy atom. The molecule has 24 heavy (non-hydrogen) atoms. The van der Waals surface area contributed by atoms with Gasteiger partial charge in [0.15, 0.2) is 0 Å². The third-order valence-electron chi connectivity index (χ3n) is 5.22. The Balaban J connectivity index is 1.64. The Hall–Kier alpha value is -1.42. The molecule has 0 aliphatic carbocycles. The molecule has 134 valence electrons. The summed E-state index contributed by atoms with van der Waals surface area (Å²) in [6.45, 7) is 9.12. The summed E-state index contributed by atoms with van der Waals surface area (Å²) in [4.78, 5) is 14.5. The van der Waals surface area contributed by atoms with Crippen LogP contribution in [0.3, 0.4) is 0 Å². The van der Waals surface area contributed by atoms with Crippen LogP contribution in [0.2, 0.25) is 0 Å². The fourth-order valence-corrected chi connectivity index (χ4v) is 3.02. The maximum Gasteiger partial charge on any atom is 0.228 e. The van der Waals surface area contributed by atoms with Crippen molar-refractivity contribution in [3.8, 4) is 0 Å². The summed E-state index contributed by atoms with van der Waals surface area (Å²) in [7, 11) is 0. The van der Waals surface area contributed by atoms with Gasteiger partial charge < -0.3 is 9.64 Å². The van der Waals surface area contributed by atoms with Crippen molar-refractivity contribution in [1.29, 1.82) is 0 Å². The fourth-order valence-electron chi connectivity index (χ4n) is 3.02. The molecule has 0 radical (unpaired) electrons. The first-order valence-electron chi connectivity index (χ1n) is 9.04. The smallest absolute Gasteiger partial charge is 0.228 e. The van der Waals surface area contributed by atoms with E-state index in [1.54, 1.807) is 12.1 Å². The Bertz CT molecular complexity index is 519. The van der Waals surface area contributed by atoms with Gasteiger partial charge in [0.2, 0.25) is 5.91 Å². The number of halogens is 1. The van der Waals surface area contributed by atoms with Crippen LogP contribution in [-0.4, -0.2) is 30.5 Å². The number of hydrogen-bond donors (Lipinski definition) is 0. The van der Waals surface area contributed by atoms with Crippen molar-refractivity contribution in [3.63, 3.8) is 0 Å². The van der Waals surface area contributed by atoms with Gasteiger partial charge in [0.25, 0.3) is 0 Å². The zero-order valence-electron chi connectivity index (χ0n) is 15.2. The van der Waals surface area contributed by atoms with Crippen molar-refractivity contribution in [1.82, 2.24) is 4.90 Å². The summed E-state index contributed by atoms with van der Waals surface area (Å²) in [6, 6.07) is 6.44. The van der Waals surface area contributed by atoms with Crippen molar-refractivity contribution in [3.05, 3.63) is 35.6 Å². The van der Waals surface area contributed by atoms with Gasteiger partial charge in [-0.3, -0.25) is 4.79 Å². The second kappa shape index (κ2) is 8.61. The number of rotatable bonds is 7. The van der Waals surface area contributed by atoms with E-state index in [4.69, 9.17) is 4.74 Å². The van der Waals surface area contributed by atoms with Crippen LogP contribution in [0.1, 0.15) is 52.0 Å². The van der Waals surface area contributed by atoms with E-state index in [-0.39, 0.29) is 17.1 Å². The summed E-state index contributed by atoms with van der Waals surface area (Å²) < 4.78 is 18.5. The molecule has 2 rings (SSSR count). The van der Waals surface area contributed by atoms with E-state index in [0.29, 0.717) is 12.5 Å². The van der Waals surface area contributed by atoms with E-state index in [0.717, 1.165) is 50.9 Å². The lowest BCUT2D eigenvalue weighted by molar-refractivity contribution is -0.142. The van der Waals surface area contributed by atoms with Crippen LogP contribution >= 0.6 is 0 Å². The van der Waals surface area contributed by atoms with Gasteiger partial charge in [-0.1, -0.05) is 32.9 Å². The lowest BCUT2D eigenvalue weighted by Gasteiger charge is -2.36. The van der Waals surface area contributed by atoms with Gasteiger partial charge in [-0.15, -0.1) is 0 Å². The molecule has 3 nitrogen and oxygen atoms in total. The second-order valence-electron chi connectivity index (χ2n) is 7.44. The highest BCUT2D eigenvalue weighted by molar-refractivity contribution is 5.81. The van der Waals surface area contributed by atoms with Crippen LogP contribution in [0.15, 0.2) is 24.3 Å². The van der Waals surface area contributed by atoms with Crippen molar-refractivity contribution < 1.29 is 13.9 Å². The van der Waals surface area contributed by atoms with E-state index >= 15 is 0 Å². The third-order valence-corrected chi connectivity index (χ3v) is 5.22. The molecule has 1 aromatic rings. The van der Waals surface area contributed by atoms with Crippen LogP contribution in [0.5, 0.6) is 0 Å². The number of carbonyl (C=O) groups is 1. The van der Waals surface area contributed by atoms with Gasteiger partial charge in [-0.05, 0) is 49.3 Å². The van der Waals surface area contributed by atoms with Gasteiger partial charge in [-0.25, -0.2) is 4.39 Å². The number of nitrogens with zero attached hydrogens (tertiary/aromatic N) is 1. The van der Waals surface area contributed by atoms with E-state index in [1.807, 2.05) is 18.7 Å². The molecule has 1 fully saturated rings. The zero-order chi connectivity index (χ0) is 17.6. The zero-order valence-corrected chi connectivity index (χ0v) is 15.2. The maximum absolute atomic E-state index is 12.8. The van der Waals surface area contributed by atoms with Gasteiger partial charge in [-0.2, -0.15) is 0 Å². The van der Waals surface area contributed by atoms with E-state index in [1.165, 1.54) is 12.1 Å². The summed E-state index contributed by atoms with van der Waals surface area (Å²) in [5, 5.41) is 0. The number of carbonyl (C=O) groups excluding carboxylic acids is 1. The van der Waals surface area contributed by atoms with E-state index in [9.17, 15) is 9.18 Å². The van der Waals surface area contributed by atoms with E-state index in [2.05, 4.69) is 6.92 Å². The third kappa shape index (κ3) is 5.30. The first-order chi connectivity index (χ1) is 11.4. The molecular weight excluding hydrogens is 305 g/mol. The Kier molecular flexibility index (Phi) is 6.79. The number of likely N-dealkylation sites (tertiary alicyclic amines) is 1. The molecule has 1 amide bonds. The van der Waals surface area contributed by atoms with Crippen molar-refractivity contribution in [2.75, 3.05) is 19.7 Å². The van der Waals surface area contributed by atoms with Crippen LogP contribution in [0, 0.1) is 17.2 Å². The molecule has 0 atom stereocenters. The van der Waals surface area contributed by atoms with Gasteiger partial charge >= 0.3 is 0 Å². The summed E-state index contributed by atoms with van der Waals surface area (Å²) >= 11 is 0. The quantitative estimate of drug-likeness (QED) is 0.691. The minimum absolute atomic E-state index is 0.216. The molecule has 1 aliphatic heterocycles. The lowest BCUT2D eigenvalue weighted by atomic mass is 9.86. The van der Waals surface area contributed by atoms with Gasteiger partial charge in [0.1, 0.15) is 5.82 Å². The van der Waals surface area contributed by atoms with Crippen LogP contribution in [0.4, 0.5) is 4.39 Å². The lowest BCUT2D eigenvalue weighted by Crippen LogP contribution is -2.45. The van der Waals surface area contributed by atoms with Gasteiger partial charge in [0, 0.05) is 25.1 Å².